The van der Waals surface area contributed by atoms with Gasteiger partial charge in [0.25, 0.3) is 0 Å². The first-order valence-electron chi connectivity index (χ1n) is 5.03. The molecule has 1 saturated heterocycles. The van der Waals surface area contributed by atoms with Gasteiger partial charge in [-0.15, -0.1) is 0 Å². The zero-order valence-electron chi connectivity index (χ0n) is 9.06. The van der Waals surface area contributed by atoms with Gasteiger partial charge in [0.2, 0.25) is 0 Å². The predicted molar refractivity (Wildman–Crippen MR) is 52.8 cm³/mol. The first-order valence-corrected chi connectivity index (χ1v) is 5.03. The number of β-amino-alcohol motifs (C(OH)–C–C–N with tert-alkyl or cyclic N) is 1. The molecule has 14 heavy (non-hydrogen) atoms. The molecule has 1 unspecified atom stereocenters. The first-order chi connectivity index (χ1) is 6.54. The van der Waals surface area contributed by atoms with Gasteiger partial charge in [-0.1, -0.05) is 13.8 Å². The molecular weight excluding hydrogens is 182 g/mol. The van der Waals surface area contributed by atoms with Crippen LogP contribution in [0.25, 0.3) is 0 Å². The summed E-state index contributed by atoms with van der Waals surface area (Å²) in [5.74, 6) is 0.228. The molecule has 82 valence electrons. The summed E-state index contributed by atoms with van der Waals surface area (Å²) in [6.07, 6.45) is 0.204. The predicted octanol–water partition coefficient (Wildman–Crippen LogP) is 0.251. The first kappa shape index (κ1) is 11.5. The van der Waals surface area contributed by atoms with Crippen molar-refractivity contribution in [3.8, 4) is 0 Å². The molecule has 1 rings (SSSR count). The Morgan fingerprint density at radius 2 is 2.14 bits per heavy atom. The van der Waals surface area contributed by atoms with E-state index in [2.05, 4.69) is 23.5 Å². The fourth-order valence-electron chi connectivity index (χ4n) is 1.80. The molecule has 1 aliphatic rings. The van der Waals surface area contributed by atoms with Gasteiger partial charge in [-0.05, 0) is 5.92 Å². The summed E-state index contributed by atoms with van der Waals surface area (Å²) in [4.78, 5) is 13.3. The summed E-state index contributed by atoms with van der Waals surface area (Å²) in [5.41, 5.74) is 0. The van der Waals surface area contributed by atoms with Crippen molar-refractivity contribution in [3.05, 3.63) is 0 Å². The van der Waals surface area contributed by atoms with Crippen LogP contribution >= 0.6 is 0 Å². The Hall–Kier alpha value is -0.610. The van der Waals surface area contributed by atoms with Crippen LogP contribution in [0.4, 0.5) is 0 Å². The van der Waals surface area contributed by atoms with Crippen LogP contribution in [0.15, 0.2) is 0 Å². The second-order valence-electron chi connectivity index (χ2n) is 4.20. The molecule has 0 spiro atoms. The fourth-order valence-corrected chi connectivity index (χ4v) is 1.80. The number of hydrogen-bond donors (Lipinski definition) is 1. The van der Waals surface area contributed by atoms with Crippen molar-refractivity contribution < 1.29 is 14.6 Å². The van der Waals surface area contributed by atoms with Gasteiger partial charge in [0.15, 0.2) is 0 Å². The largest absolute Gasteiger partial charge is 0.469 e. The van der Waals surface area contributed by atoms with Gasteiger partial charge in [-0.3, -0.25) is 9.69 Å². The van der Waals surface area contributed by atoms with Crippen molar-refractivity contribution in [1.29, 1.82) is 0 Å². The molecule has 0 saturated carbocycles. The Bertz CT molecular complexity index is 200. The van der Waals surface area contributed by atoms with Crippen molar-refractivity contribution in [2.45, 2.75) is 32.4 Å². The average molecular weight is 201 g/mol. The van der Waals surface area contributed by atoms with Gasteiger partial charge in [-0.25, -0.2) is 0 Å². The zero-order chi connectivity index (χ0) is 10.7. The quantitative estimate of drug-likeness (QED) is 0.662. The summed E-state index contributed by atoms with van der Waals surface area (Å²) >= 11 is 0. The van der Waals surface area contributed by atoms with Crippen LogP contribution in [0.3, 0.4) is 0 Å². The van der Waals surface area contributed by atoms with E-state index < -0.39 is 0 Å². The number of hydrogen-bond acceptors (Lipinski definition) is 4. The third-order valence-electron chi connectivity index (χ3n) is 2.73. The Kier molecular flexibility index (Phi) is 3.89. The van der Waals surface area contributed by atoms with Crippen molar-refractivity contribution in [3.63, 3.8) is 0 Å². The summed E-state index contributed by atoms with van der Waals surface area (Å²) in [7, 11) is 1.41. The summed E-state index contributed by atoms with van der Waals surface area (Å²) in [6, 6.07) is 0.200. The van der Waals surface area contributed by atoms with Gasteiger partial charge in [0.1, 0.15) is 0 Å². The van der Waals surface area contributed by atoms with E-state index in [0.717, 1.165) is 0 Å². The number of esters is 1. The molecule has 0 aromatic rings. The number of aliphatic hydroxyl groups is 1. The number of aliphatic hydroxyl groups excluding tert-OH is 1. The molecule has 1 aliphatic heterocycles. The number of carbonyl (C=O) groups excluding carboxylic acids is 1. The molecule has 1 atom stereocenters. The standard InChI is InChI=1S/C10H19NO3/c1-7(2)9(4-10(13)14-3)11-5-8(12)6-11/h7-9,12H,4-6H2,1-3H3. The molecular formula is C10H19NO3. The Balaban J connectivity index is 2.43. The summed E-state index contributed by atoms with van der Waals surface area (Å²) in [5, 5.41) is 9.18. The molecule has 0 aromatic heterocycles. The van der Waals surface area contributed by atoms with E-state index in [1.54, 1.807) is 0 Å². The lowest BCUT2D eigenvalue weighted by atomic mass is 9.95. The average Bonchev–Trinajstić information content (AvgIpc) is 2.08. The molecule has 0 aliphatic carbocycles. The van der Waals surface area contributed by atoms with Gasteiger partial charge in [0.05, 0.1) is 19.6 Å². The lowest BCUT2D eigenvalue weighted by Crippen LogP contribution is -2.57. The summed E-state index contributed by atoms with van der Waals surface area (Å²) < 4.78 is 4.65. The molecule has 4 nitrogen and oxygen atoms in total. The molecule has 0 radical (unpaired) electrons. The highest BCUT2D eigenvalue weighted by Gasteiger charge is 2.33. The van der Waals surface area contributed by atoms with Crippen molar-refractivity contribution in [2.24, 2.45) is 5.92 Å². The van der Waals surface area contributed by atoms with Crippen molar-refractivity contribution in [1.82, 2.24) is 4.90 Å². The topological polar surface area (TPSA) is 49.8 Å². The van der Waals surface area contributed by atoms with Crippen LogP contribution in [-0.2, 0) is 9.53 Å². The van der Waals surface area contributed by atoms with Gasteiger partial charge >= 0.3 is 5.97 Å². The fraction of sp³-hybridized carbons (Fsp3) is 0.900. The SMILES string of the molecule is COC(=O)CC(C(C)C)N1CC(O)C1. The molecule has 0 amide bonds. The van der Waals surface area contributed by atoms with Crippen LogP contribution in [0.2, 0.25) is 0 Å². The van der Waals surface area contributed by atoms with Crippen LogP contribution in [0.1, 0.15) is 20.3 Å². The number of rotatable bonds is 4. The highest BCUT2D eigenvalue weighted by atomic mass is 16.5. The Morgan fingerprint density at radius 3 is 2.50 bits per heavy atom. The van der Waals surface area contributed by atoms with E-state index in [-0.39, 0.29) is 18.1 Å². The lowest BCUT2D eigenvalue weighted by Gasteiger charge is -2.43. The lowest BCUT2D eigenvalue weighted by molar-refractivity contribution is -0.144. The third kappa shape index (κ3) is 2.69. The minimum atomic E-state index is -0.214. The van der Waals surface area contributed by atoms with E-state index >= 15 is 0 Å². The molecule has 1 N–H and O–H groups in total. The maximum absolute atomic E-state index is 11.1. The number of ether oxygens (including phenoxy) is 1. The van der Waals surface area contributed by atoms with Gasteiger partial charge < -0.3 is 9.84 Å². The van der Waals surface area contributed by atoms with Crippen LogP contribution < -0.4 is 0 Å². The smallest absolute Gasteiger partial charge is 0.307 e. The Labute approximate surface area is 84.8 Å². The summed E-state index contributed by atoms with van der Waals surface area (Å²) in [6.45, 7) is 5.52. The highest BCUT2D eigenvalue weighted by Crippen LogP contribution is 2.21. The maximum atomic E-state index is 11.1. The maximum Gasteiger partial charge on any atom is 0.307 e. The van der Waals surface area contributed by atoms with E-state index in [1.165, 1.54) is 7.11 Å². The van der Waals surface area contributed by atoms with E-state index in [4.69, 9.17) is 0 Å². The minimum absolute atomic E-state index is 0.176. The highest BCUT2D eigenvalue weighted by molar-refractivity contribution is 5.69. The Morgan fingerprint density at radius 1 is 1.57 bits per heavy atom. The number of likely N-dealkylation sites (tertiary alicyclic amines) is 1. The van der Waals surface area contributed by atoms with Crippen molar-refractivity contribution >= 4 is 5.97 Å². The number of methoxy groups -OCH3 is 1. The molecule has 0 aromatic carbocycles. The number of nitrogens with zero attached hydrogens (tertiary/aromatic N) is 1. The molecule has 1 fully saturated rings. The monoisotopic (exact) mass is 201 g/mol. The van der Waals surface area contributed by atoms with E-state index in [0.29, 0.717) is 25.4 Å². The molecule has 4 heteroatoms. The normalized spacial score (nSPS) is 20.6. The van der Waals surface area contributed by atoms with Gasteiger partial charge in [-0.2, -0.15) is 0 Å². The minimum Gasteiger partial charge on any atom is -0.469 e. The van der Waals surface area contributed by atoms with Crippen molar-refractivity contribution in [2.75, 3.05) is 20.2 Å². The zero-order valence-corrected chi connectivity index (χ0v) is 9.06. The van der Waals surface area contributed by atoms with Gasteiger partial charge in [0, 0.05) is 19.1 Å². The molecule has 1 heterocycles. The van der Waals surface area contributed by atoms with Crippen LogP contribution in [0, 0.1) is 5.92 Å². The van der Waals surface area contributed by atoms with E-state index in [9.17, 15) is 9.90 Å². The van der Waals surface area contributed by atoms with Crippen LogP contribution in [-0.4, -0.2) is 48.3 Å². The van der Waals surface area contributed by atoms with Crippen LogP contribution in [0.5, 0.6) is 0 Å². The molecule has 0 bridgehead atoms. The van der Waals surface area contributed by atoms with E-state index in [1.807, 2.05) is 0 Å². The second kappa shape index (κ2) is 4.75. The second-order valence-corrected chi connectivity index (χ2v) is 4.20. The number of carbonyl (C=O) groups is 1. The third-order valence-corrected chi connectivity index (χ3v) is 2.73.